The Morgan fingerprint density at radius 1 is 0.938 bits per heavy atom. The van der Waals surface area contributed by atoms with Crippen molar-refractivity contribution in [2.45, 2.75) is 25.3 Å². The van der Waals surface area contributed by atoms with E-state index in [0.717, 1.165) is 35.3 Å². The zero-order chi connectivity index (χ0) is 22.1. The Hall–Kier alpha value is -3.54. The number of hydrogen-bond donors (Lipinski definition) is 0. The minimum atomic E-state index is -0.352. The van der Waals surface area contributed by atoms with Crippen LogP contribution in [0.2, 0.25) is 0 Å². The van der Waals surface area contributed by atoms with Crippen LogP contribution in [0.4, 0.5) is 8.78 Å². The van der Waals surface area contributed by atoms with E-state index in [1.165, 1.54) is 18.2 Å². The van der Waals surface area contributed by atoms with Gasteiger partial charge in [0.25, 0.3) is 0 Å². The molecule has 0 radical (unpaired) electrons. The fourth-order valence-corrected chi connectivity index (χ4v) is 4.52. The van der Waals surface area contributed by atoms with Gasteiger partial charge in [0.15, 0.2) is 0 Å². The van der Waals surface area contributed by atoms with Crippen molar-refractivity contribution in [3.8, 4) is 11.4 Å². The van der Waals surface area contributed by atoms with Crippen molar-refractivity contribution in [3.05, 3.63) is 90.0 Å². The SMILES string of the molecule is O=C(Cc1ccccc1F)N1CCC(n2c(-c3ccccc3)nc3ccc(F)cc32)CC1. The molecule has 0 N–H and O–H groups in total. The first-order chi connectivity index (χ1) is 15.6. The number of piperidine rings is 1. The van der Waals surface area contributed by atoms with E-state index in [1.807, 2.05) is 30.3 Å². The van der Waals surface area contributed by atoms with Crippen LogP contribution in [0, 0.1) is 11.6 Å². The third kappa shape index (κ3) is 3.88. The average molecular weight is 431 g/mol. The molecule has 1 amide bonds. The molecule has 1 aromatic heterocycles. The highest BCUT2D eigenvalue weighted by molar-refractivity contribution is 5.81. The maximum absolute atomic E-state index is 14.1. The number of hydrogen-bond acceptors (Lipinski definition) is 2. The molecular formula is C26H23F2N3O. The average Bonchev–Trinajstić information content (AvgIpc) is 3.20. The molecule has 4 nitrogen and oxygen atoms in total. The molecule has 1 saturated heterocycles. The summed E-state index contributed by atoms with van der Waals surface area (Å²) >= 11 is 0. The molecule has 2 heterocycles. The number of nitrogens with zero attached hydrogens (tertiary/aromatic N) is 3. The summed E-state index contributed by atoms with van der Waals surface area (Å²) in [4.78, 5) is 19.3. The summed E-state index contributed by atoms with van der Waals surface area (Å²) in [5.41, 5.74) is 2.91. The molecule has 0 unspecified atom stereocenters. The van der Waals surface area contributed by atoms with Crippen LogP contribution in [0.3, 0.4) is 0 Å². The molecule has 0 atom stereocenters. The number of carbonyl (C=O) groups excluding carboxylic acids is 1. The lowest BCUT2D eigenvalue weighted by molar-refractivity contribution is -0.131. The van der Waals surface area contributed by atoms with Crippen molar-refractivity contribution >= 4 is 16.9 Å². The van der Waals surface area contributed by atoms with Gasteiger partial charge >= 0.3 is 0 Å². The van der Waals surface area contributed by atoms with Gasteiger partial charge in [-0.15, -0.1) is 0 Å². The molecular weight excluding hydrogens is 408 g/mol. The van der Waals surface area contributed by atoms with Crippen molar-refractivity contribution < 1.29 is 13.6 Å². The number of rotatable bonds is 4. The quantitative estimate of drug-likeness (QED) is 0.435. The molecule has 0 bridgehead atoms. The Morgan fingerprint density at radius 2 is 1.66 bits per heavy atom. The standard InChI is InChI=1S/C26H23F2N3O/c27-20-10-11-23-24(17-20)31(26(29-23)18-6-2-1-3-7-18)21-12-14-30(15-13-21)25(32)16-19-8-4-5-9-22(19)28/h1-11,17,21H,12-16H2. The van der Waals surface area contributed by atoms with E-state index in [-0.39, 0.29) is 30.0 Å². The zero-order valence-corrected chi connectivity index (χ0v) is 17.5. The minimum absolute atomic E-state index is 0.0613. The largest absolute Gasteiger partial charge is 0.342 e. The molecule has 162 valence electrons. The predicted molar refractivity (Wildman–Crippen MR) is 120 cm³/mol. The summed E-state index contributed by atoms with van der Waals surface area (Å²) < 4.78 is 30.1. The topological polar surface area (TPSA) is 38.1 Å². The predicted octanol–water partition coefficient (Wildman–Crippen LogP) is 5.39. The highest BCUT2D eigenvalue weighted by atomic mass is 19.1. The van der Waals surface area contributed by atoms with Gasteiger partial charge in [0, 0.05) is 24.7 Å². The number of halogens is 2. The number of benzene rings is 3. The van der Waals surface area contributed by atoms with Crippen molar-refractivity contribution in [1.29, 1.82) is 0 Å². The van der Waals surface area contributed by atoms with Crippen molar-refractivity contribution in [1.82, 2.24) is 14.5 Å². The number of carbonyl (C=O) groups is 1. The molecule has 6 heteroatoms. The van der Waals surface area contributed by atoms with Crippen LogP contribution in [0.25, 0.3) is 22.4 Å². The Kier molecular flexibility index (Phi) is 5.43. The monoisotopic (exact) mass is 431 g/mol. The van der Waals surface area contributed by atoms with E-state index in [4.69, 9.17) is 4.98 Å². The van der Waals surface area contributed by atoms with Gasteiger partial charge in [-0.3, -0.25) is 4.79 Å². The van der Waals surface area contributed by atoms with Gasteiger partial charge in [0.05, 0.1) is 17.5 Å². The molecule has 32 heavy (non-hydrogen) atoms. The fourth-order valence-electron chi connectivity index (χ4n) is 4.52. The summed E-state index contributed by atoms with van der Waals surface area (Å²) in [6.45, 7) is 1.14. The number of imidazole rings is 1. The second-order valence-corrected chi connectivity index (χ2v) is 8.18. The number of likely N-dealkylation sites (tertiary alicyclic amines) is 1. The molecule has 0 aliphatic carbocycles. The van der Waals surface area contributed by atoms with E-state index in [1.54, 1.807) is 29.2 Å². The highest BCUT2D eigenvalue weighted by Crippen LogP contribution is 2.33. The van der Waals surface area contributed by atoms with Gasteiger partial charge in [0.1, 0.15) is 17.5 Å². The minimum Gasteiger partial charge on any atom is -0.342 e. The second-order valence-electron chi connectivity index (χ2n) is 8.18. The van der Waals surface area contributed by atoms with E-state index in [0.29, 0.717) is 18.7 Å². The van der Waals surface area contributed by atoms with Crippen molar-refractivity contribution in [2.75, 3.05) is 13.1 Å². The zero-order valence-electron chi connectivity index (χ0n) is 17.5. The molecule has 4 aromatic rings. The first-order valence-corrected chi connectivity index (χ1v) is 10.8. The lowest BCUT2D eigenvalue weighted by atomic mass is 10.0. The summed E-state index contributed by atoms with van der Waals surface area (Å²) in [5.74, 6) is 0.0895. The van der Waals surface area contributed by atoms with Gasteiger partial charge in [-0.25, -0.2) is 13.8 Å². The van der Waals surface area contributed by atoms with Gasteiger partial charge in [-0.05, 0) is 42.7 Å². The Labute approximate surface area is 185 Å². The van der Waals surface area contributed by atoms with Crippen LogP contribution in [0.15, 0.2) is 72.8 Å². The van der Waals surface area contributed by atoms with Gasteiger partial charge in [0.2, 0.25) is 5.91 Å². The smallest absolute Gasteiger partial charge is 0.227 e. The first kappa shape index (κ1) is 20.4. The van der Waals surface area contributed by atoms with E-state index in [9.17, 15) is 13.6 Å². The third-order valence-electron chi connectivity index (χ3n) is 6.17. The molecule has 1 aliphatic rings. The number of aromatic nitrogens is 2. The number of fused-ring (bicyclic) bond motifs is 1. The van der Waals surface area contributed by atoms with E-state index < -0.39 is 0 Å². The first-order valence-electron chi connectivity index (χ1n) is 10.8. The van der Waals surface area contributed by atoms with Crippen molar-refractivity contribution in [3.63, 3.8) is 0 Å². The van der Waals surface area contributed by atoms with Crippen molar-refractivity contribution in [2.24, 2.45) is 0 Å². The summed E-state index contributed by atoms with van der Waals surface area (Å²) in [7, 11) is 0. The molecule has 3 aromatic carbocycles. The highest BCUT2D eigenvalue weighted by Gasteiger charge is 2.27. The Morgan fingerprint density at radius 3 is 2.41 bits per heavy atom. The summed E-state index contributed by atoms with van der Waals surface area (Å²) in [6, 6.07) is 21.0. The van der Waals surface area contributed by atoms with Gasteiger partial charge < -0.3 is 9.47 Å². The van der Waals surface area contributed by atoms with E-state index in [2.05, 4.69) is 4.57 Å². The van der Waals surface area contributed by atoms with Crippen LogP contribution in [0.1, 0.15) is 24.4 Å². The van der Waals surface area contributed by atoms with Crippen LogP contribution < -0.4 is 0 Å². The Bertz CT molecular complexity index is 1260. The van der Waals surface area contributed by atoms with Crippen LogP contribution in [0.5, 0.6) is 0 Å². The van der Waals surface area contributed by atoms with Crippen LogP contribution in [-0.2, 0) is 11.2 Å². The van der Waals surface area contributed by atoms with Gasteiger partial charge in [-0.2, -0.15) is 0 Å². The second kappa shape index (κ2) is 8.54. The van der Waals surface area contributed by atoms with Gasteiger partial charge in [-0.1, -0.05) is 48.5 Å². The lowest BCUT2D eigenvalue weighted by Gasteiger charge is -2.34. The number of amides is 1. The third-order valence-corrected chi connectivity index (χ3v) is 6.17. The van der Waals surface area contributed by atoms with Crippen LogP contribution >= 0.6 is 0 Å². The Balaban J connectivity index is 1.39. The fraction of sp³-hybridized carbons (Fsp3) is 0.231. The maximum atomic E-state index is 14.1. The molecule has 5 rings (SSSR count). The van der Waals surface area contributed by atoms with E-state index >= 15 is 0 Å². The van der Waals surface area contributed by atoms with Crippen LogP contribution in [-0.4, -0.2) is 33.4 Å². The maximum Gasteiger partial charge on any atom is 0.227 e. The molecule has 1 aliphatic heterocycles. The molecule has 1 fully saturated rings. The summed E-state index contributed by atoms with van der Waals surface area (Å²) in [5, 5.41) is 0. The summed E-state index contributed by atoms with van der Waals surface area (Å²) in [6.07, 6.45) is 1.52. The lowest BCUT2D eigenvalue weighted by Crippen LogP contribution is -2.40. The molecule has 0 saturated carbocycles. The normalized spacial score (nSPS) is 14.8. The molecule has 0 spiro atoms.